The van der Waals surface area contributed by atoms with E-state index in [4.69, 9.17) is 14.6 Å². The number of sulfonamides is 1. The molecule has 2 aromatic carbocycles. The first kappa shape index (κ1) is 22.1. The maximum atomic E-state index is 12.8. The van der Waals surface area contributed by atoms with Crippen molar-refractivity contribution in [2.75, 3.05) is 29.9 Å². The van der Waals surface area contributed by atoms with Crippen LogP contribution < -0.4 is 23.8 Å². The maximum Gasteiger partial charge on any atom is 0.387 e. The Morgan fingerprint density at radius 3 is 2.65 bits per heavy atom. The zero-order chi connectivity index (χ0) is 22.8. The lowest BCUT2D eigenvalue weighted by molar-refractivity contribution is -0.137. The Hall–Kier alpha value is -3.61. The summed E-state index contributed by atoms with van der Waals surface area (Å²) in [6, 6.07) is 7.09. The van der Waals surface area contributed by atoms with Crippen LogP contribution in [-0.4, -0.2) is 52.3 Å². The Labute approximate surface area is 175 Å². The van der Waals surface area contributed by atoms with Gasteiger partial charge in [-0.1, -0.05) is 0 Å². The van der Waals surface area contributed by atoms with E-state index in [-0.39, 0.29) is 40.1 Å². The van der Waals surface area contributed by atoms with E-state index in [9.17, 15) is 26.8 Å². The Kier molecular flexibility index (Phi) is 6.15. The van der Waals surface area contributed by atoms with Crippen molar-refractivity contribution >= 4 is 33.3 Å². The number of nitrogens with zero attached hydrogens (tertiary/aromatic N) is 1. The molecule has 0 bridgehead atoms. The number of halogens is 2. The molecule has 31 heavy (non-hydrogen) atoms. The minimum atomic E-state index is -4.26. The van der Waals surface area contributed by atoms with E-state index < -0.39 is 35.1 Å². The number of carboxylic acids is 1. The molecule has 13 heteroatoms. The number of ether oxygens (including phenoxy) is 3. The number of aliphatic carboxylic acids is 1. The standard InChI is InChI=1S/C18H16F2N2O8S/c1-28-14-4-2-10(6-15(14)30-18(19)20)21-31(26,27)11-3-5-13-12(7-11)22(8-17(24)25)16(23)9-29-13/h2-7,18,21H,8-9H2,1H3,(H,24,25). The summed E-state index contributed by atoms with van der Waals surface area (Å²) < 4.78 is 67.4. The van der Waals surface area contributed by atoms with Crippen LogP contribution in [0.25, 0.3) is 0 Å². The van der Waals surface area contributed by atoms with Gasteiger partial charge in [-0.3, -0.25) is 19.2 Å². The van der Waals surface area contributed by atoms with E-state index in [1.54, 1.807) is 0 Å². The van der Waals surface area contributed by atoms with Gasteiger partial charge in [0.2, 0.25) is 0 Å². The lowest BCUT2D eigenvalue weighted by atomic mass is 10.2. The average molecular weight is 458 g/mol. The molecular weight excluding hydrogens is 442 g/mol. The molecule has 2 N–H and O–H groups in total. The summed E-state index contributed by atoms with van der Waals surface area (Å²) in [5.74, 6) is -2.22. The average Bonchev–Trinajstić information content (AvgIpc) is 2.69. The second-order valence-corrected chi connectivity index (χ2v) is 7.82. The molecule has 0 saturated carbocycles. The summed E-state index contributed by atoms with van der Waals surface area (Å²) in [6.07, 6.45) is 0. The number of carbonyl (C=O) groups excluding carboxylic acids is 1. The number of anilines is 2. The second-order valence-electron chi connectivity index (χ2n) is 6.14. The molecule has 0 unspecified atom stereocenters. The number of nitrogens with one attached hydrogen (secondary N) is 1. The third kappa shape index (κ3) is 4.94. The van der Waals surface area contributed by atoms with Gasteiger partial charge in [-0.05, 0) is 30.3 Å². The van der Waals surface area contributed by atoms with Crippen LogP contribution in [0.15, 0.2) is 41.3 Å². The number of amides is 1. The van der Waals surface area contributed by atoms with Gasteiger partial charge in [-0.25, -0.2) is 8.42 Å². The first-order chi connectivity index (χ1) is 14.6. The molecule has 0 saturated heterocycles. The fourth-order valence-electron chi connectivity index (χ4n) is 2.80. The van der Waals surface area contributed by atoms with E-state index in [2.05, 4.69) is 9.46 Å². The van der Waals surface area contributed by atoms with Gasteiger partial charge < -0.3 is 19.3 Å². The van der Waals surface area contributed by atoms with Gasteiger partial charge in [0.05, 0.1) is 23.4 Å². The highest BCUT2D eigenvalue weighted by atomic mass is 32.2. The smallest absolute Gasteiger partial charge is 0.387 e. The minimum absolute atomic E-state index is 0.0296. The van der Waals surface area contributed by atoms with Gasteiger partial charge in [0.1, 0.15) is 12.3 Å². The number of hydrogen-bond donors (Lipinski definition) is 2. The molecule has 1 heterocycles. The molecule has 0 radical (unpaired) electrons. The van der Waals surface area contributed by atoms with E-state index in [0.717, 1.165) is 17.0 Å². The summed E-state index contributed by atoms with van der Waals surface area (Å²) in [5, 5.41) is 9.02. The van der Waals surface area contributed by atoms with Gasteiger partial charge >= 0.3 is 12.6 Å². The van der Waals surface area contributed by atoms with Crippen molar-refractivity contribution in [3.05, 3.63) is 36.4 Å². The summed E-state index contributed by atoms with van der Waals surface area (Å²) in [6.45, 7) is -4.22. The van der Waals surface area contributed by atoms with Crippen LogP contribution in [0.1, 0.15) is 0 Å². The van der Waals surface area contributed by atoms with Gasteiger partial charge in [0, 0.05) is 6.07 Å². The molecule has 10 nitrogen and oxygen atoms in total. The molecule has 166 valence electrons. The highest BCUT2D eigenvalue weighted by molar-refractivity contribution is 7.92. The van der Waals surface area contributed by atoms with E-state index in [1.807, 2.05) is 0 Å². The van der Waals surface area contributed by atoms with Crippen LogP contribution in [0.2, 0.25) is 0 Å². The van der Waals surface area contributed by atoms with Crippen molar-refractivity contribution in [1.82, 2.24) is 0 Å². The number of rotatable bonds is 8. The quantitative estimate of drug-likeness (QED) is 0.613. The first-order valence-electron chi connectivity index (χ1n) is 8.55. The minimum Gasteiger partial charge on any atom is -0.493 e. The molecule has 1 aliphatic rings. The maximum absolute atomic E-state index is 12.8. The van der Waals surface area contributed by atoms with E-state index in [0.29, 0.717) is 0 Å². The Balaban J connectivity index is 1.94. The fraction of sp³-hybridized carbons (Fsp3) is 0.222. The first-order valence-corrected chi connectivity index (χ1v) is 10.0. The van der Waals surface area contributed by atoms with Crippen molar-refractivity contribution in [1.29, 1.82) is 0 Å². The Bertz CT molecular complexity index is 1120. The molecule has 0 aliphatic carbocycles. The monoisotopic (exact) mass is 458 g/mol. The third-order valence-electron chi connectivity index (χ3n) is 4.11. The van der Waals surface area contributed by atoms with Crippen molar-refractivity contribution in [3.63, 3.8) is 0 Å². The van der Waals surface area contributed by atoms with Crippen LogP contribution in [0.3, 0.4) is 0 Å². The Morgan fingerprint density at radius 2 is 2.00 bits per heavy atom. The highest BCUT2D eigenvalue weighted by Crippen LogP contribution is 2.36. The largest absolute Gasteiger partial charge is 0.493 e. The van der Waals surface area contributed by atoms with Crippen LogP contribution in [0, 0.1) is 0 Å². The number of hydrogen-bond acceptors (Lipinski definition) is 7. The molecule has 0 aromatic heterocycles. The summed E-state index contributed by atoms with van der Waals surface area (Å²) in [5.41, 5.74) is -0.123. The lowest BCUT2D eigenvalue weighted by Gasteiger charge is -2.28. The molecule has 0 atom stereocenters. The third-order valence-corrected chi connectivity index (χ3v) is 5.49. The number of benzene rings is 2. The van der Waals surface area contributed by atoms with Crippen LogP contribution in [0.4, 0.5) is 20.2 Å². The summed E-state index contributed by atoms with van der Waals surface area (Å²) in [4.78, 5) is 23.7. The number of methoxy groups -OCH3 is 1. The van der Waals surface area contributed by atoms with Crippen LogP contribution in [-0.2, 0) is 19.6 Å². The van der Waals surface area contributed by atoms with Crippen LogP contribution in [0.5, 0.6) is 17.2 Å². The zero-order valence-corrected chi connectivity index (χ0v) is 16.7. The van der Waals surface area contributed by atoms with Crippen molar-refractivity contribution < 1.29 is 46.1 Å². The number of fused-ring (bicyclic) bond motifs is 1. The van der Waals surface area contributed by atoms with Crippen LogP contribution >= 0.6 is 0 Å². The topological polar surface area (TPSA) is 131 Å². The summed E-state index contributed by atoms with van der Waals surface area (Å²) in [7, 11) is -3.02. The SMILES string of the molecule is COc1ccc(NS(=O)(=O)c2ccc3c(c2)N(CC(=O)O)C(=O)CO3)cc1OC(F)F. The molecule has 1 aliphatic heterocycles. The van der Waals surface area contributed by atoms with Crippen molar-refractivity contribution in [2.45, 2.75) is 11.5 Å². The molecule has 0 fully saturated rings. The Morgan fingerprint density at radius 1 is 1.26 bits per heavy atom. The number of carbonyl (C=O) groups is 2. The zero-order valence-electron chi connectivity index (χ0n) is 15.9. The van der Waals surface area contributed by atoms with Gasteiger partial charge in [0.25, 0.3) is 15.9 Å². The molecular formula is C18H16F2N2O8S. The fourth-order valence-corrected chi connectivity index (χ4v) is 3.87. The highest BCUT2D eigenvalue weighted by Gasteiger charge is 2.29. The number of carboxylic acid groups (broad SMARTS) is 1. The molecule has 0 spiro atoms. The van der Waals surface area contributed by atoms with Gasteiger partial charge in [-0.15, -0.1) is 0 Å². The molecule has 1 amide bonds. The van der Waals surface area contributed by atoms with Gasteiger partial charge in [0.15, 0.2) is 18.1 Å². The van der Waals surface area contributed by atoms with Crippen molar-refractivity contribution in [2.24, 2.45) is 0 Å². The van der Waals surface area contributed by atoms with Gasteiger partial charge in [-0.2, -0.15) is 8.78 Å². The van der Waals surface area contributed by atoms with Crippen molar-refractivity contribution in [3.8, 4) is 17.2 Å². The van der Waals surface area contributed by atoms with E-state index >= 15 is 0 Å². The molecule has 2 aromatic rings. The normalized spacial score (nSPS) is 13.4. The predicted octanol–water partition coefficient (Wildman–Crippen LogP) is 1.91. The molecule has 3 rings (SSSR count). The predicted molar refractivity (Wildman–Crippen MR) is 102 cm³/mol. The lowest BCUT2D eigenvalue weighted by Crippen LogP contribution is -2.42. The van der Waals surface area contributed by atoms with E-state index in [1.165, 1.54) is 31.4 Å². The summed E-state index contributed by atoms with van der Waals surface area (Å²) >= 11 is 0. The second kappa shape index (κ2) is 8.63. The number of alkyl halides is 2.